The third-order valence-electron chi connectivity index (χ3n) is 1.89. The summed E-state index contributed by atoms with van der Waals surface area (Å²) < 4.78 is 10.1. The molecule has 0 bridgehead atoms. The van der Waals surface area contributed by atoms with E-state index >= 15 is 0 Å². The zero-order valence-electron chi connectivity index (χ0n) is 8.51. The monoisotopic (exact) mass is 213 g/mol. The molecule has 0 aliphatic heterocycles. The minimum Gasteiger partial charge on any atom is -0.502 e. The van der Waals surface area contributed by atoms with Gasteiger partial charge in [-0.05, 0) is 12.1 Å². The third-order valence-corrected chi connectivity index (χ3v) is 1.89. The Morgan fingerprint density at radius 2 is 2.07 bits per heavy atom. The standard InChI is InChI=1S/C10H15NO4/c1-14-8-3-2-4-9(10(8)13)15-6-7(12)5-11/h2-4,7,12-13H,5-6,11H2,1H3. The van der Waals surface area contributed by atoms with Gasteiger partial charge >= 0.3 is 0 Å². The topological polar surface area (TPSA) is 84.9 Å². The van der Waals surface area contributed by atoms with Gasteiger partial charge in [0.15, 0.2) is 11.5 Å². The average Bonchev–Trinajstić information content (AvgIpc) is 2.27. The number of hydrogen-bond acceptors (Lipinski definition) is 5. The molecule has 0 aliphatic rings. The fourth-order valence-electron chi connectivity index (χ4n) is 1.04. The molecular weight excluding hydrogens is 198 g/mol. The highest BCUT2D eigenvalue weighted by Crippen LogP contribution is 2.35. The highest BCUT2D eigenvalue weighted by molar-refractivity contribution is 5.49. The van der Waals surface area contributed by atoms with E-state index in [2.05, 4.69) is 0 Å². The molecule has 0 aromatic heterocycles. The largest absolute Gasteiger partial charge is 0.502 e. The second kappa shape index (κ2) is 5.43. The van der Waals surface area contributed by atoms with Crippen LogP contribution in [0.4, 0.5) is 0 Å². The van der Waals surface area contributed by atoms with E-state index in [1.807, 2.05) is 0 Å². The molecule has 1 aromatic rings. The minimum atomic E-state index is -0.740. The van der Waals surface area contributed by atoms with Gasteiger partial charge in [-0.2, -0.15) is 0 Å². The van der Waals surface area contributed by atoms with Crippen LogP contribution >= 0.6 is 0 Å². The van der Waals surface area contributed by atoms with E-state index in [-0.39, 0.29) is 24.7 Å². The Bertz CT molecular complexity index is 316. The zero-order chi connectivity index (χ0) is 11.3. The summed E-state index contributed by atoms with van der Waals surface area (Å²) in [6.45, 7) is 0.155. The molecule has 15 heavy (non-hydrogen) atoms. The predicted molar refractivity (Wildman–Crippen MR) is 55.2 cm³/mol. The molecule has 0 fully saturated rings. The molecule has 1 aromatic carbocycles. The van der Waals surface area contributed by atoms with Gasteiger partial charge in [-0.1, -0.05) is 6.07 Å². The zero-order valence-corrected chi connectivity index (χ0v) is 8.51. The van der Waals surface area contributed by atoms with E-state index in [0.717, 1.165) is 0 Å². The van der Waals surface area contributed by atoms with Gasteiger partial charge in [-0.3, -0.25) is 0 Å². The van der Waals surface area contributed by atoms with Crippen molar-refractivity contribution in [1.82, 2.24) is 0 Å². The fourth-order valence-corrected chi connectivity index (χ4v) is 1.04. The van der Waals surface area contributed by atoms with Crippen molar-refractivity contribution >= 4 is 0 Å². The molecule has 5 nitrogen and oxygen atoms in total. The van der Waals surface area contributed by atoms with Crippen LogP contribution in [0, 0.1) is 0 Å². The van der Waals surface area contributed by atoms with Crippen LogP contribution in [0.25, 0.3) is 0 Å². The maximum absolute atomic E-state index is 9.61. The van der Waals surface area contributed by atoms with Gasteiger partial charge in [0.05, 0.1) is 7.11 Å². The van der Waals surface area contributed by atoms with Crippen molar-refractivity contribution in [3.8, 4) is 17.2 Å². The molecule has 0 amide bonds. The fraction of sp³-hybridized carbons (Fsp3) is 0.400. The first kappa shape index (κ1) is 11.6. The van der Waals surface area contributed by atoms with Crippen molar-refractivity contribution in [2.75, 3.05) is 20.3 Å². The van der Waals surface area contributed by atoms with Crippen LogP contribution < -0.4 is 15.2 Å². The number of methoxy groups -OCH3 is 1. The van der Waals surface area contributed by atoms with E-state index in [1.165, 1.54) is 7.11 Å². The summed E-state index contributed by atoms with van der Waals surface area (Å²) in [5, 5.41) is 18.8. The number of aromatic hydroxyl groups is 1. The Balaban J connectivity index is 2.68. The molecule has 0 spiro atoms. The average molecular weight is 213 g/mol. The van der Waals surface area contributed by atoms with Gasteiger partial charge in [0, 0.05) is 6.54 Å². The molecule has 0 radical (unpaired) electrons. The van der Waals surface area contributed by atoms with Gasteiger partial charge in [-0.15, -0.1) is 0 Å². The van der Waals surface area contributed by atoms with E-state index in [1.54, 1.807) is 18.2 Å². The molecule has 0 heterocycles. The Morgan fingerprint density at radius 1 is 1.40 bits per heavy atom. The smallest absolute Gasteiger partial charge is 0.200 e. The van der Waals surface area contributed by atoms with Crippen LogP contribution in [0.3, 0.4) is 0 Å². The van der Waals surface area contributed by atoms with Gasteiger partial charge in [-0.25, -0.2) is 0 Å². The molecule has 5 heteroatoms. The lowest BCUT2D eigenvalue weighted by molar-refractivity contribution is 0.112. The second-order valence-corrected chi connectivity index (χ2v) is 3.01. The molecule has 0 aliphatic carbocycles. The number of phenolic OH excluding ortho intramolecular Hbond substituents is 1. The van der Waals surface area contributed by atoms with Crippen LogP contribution in [0.1, 0.15) is 0 Å². The molecule has 1 atom stereocenters. The number of hydrogen-bond donors (Lipinski definition) is 3. The van der Waals surface area contributed by atoms with E-state index in [0.29, 0.717) is 5.75 Å². The highest BCUT2D eigenvalue weighted by Gasteiger charge is 2.09. The Hall–Kier alpha value is -1.46. The van der Waals surface area contributed by atoms with Gasteiger partial charge in [0.25, 0.3) is 0 Å². The van der Waals surface area contributed by atoms with Crippen LogP contribution in [0.5, 0.6) is 17.2 Å². The lowest BCUT2D eigenvalue weighted by Gasteiger charge is -2.12. The van der Waals surface area contributed by atoms with E-state index < -0.39 is 6.10 Å². The third kappa shape index (κ3) is 3.00. The summed E-state index contributed by atoms with van der Waals surface area (Å²) in [6, 6.07) is 4.88. The van der Waals surface area contributed by atoms with Gasteiger partial charge in [0.2, 0.25) is 5.75 Å². The number of rotatable bonds is 5. The SMILES string of the molecule is COc1cccc(OCC(O)CN)c1O. The maximum atomic E-state index is 9.61. The number of phenols is 1. The van der Waals surface area contributed by atoms with Crippen molar-refractivity contribution in [2.24, 2.45) is 5.73 Å². The summed E-state index contributed by atoms with van der Waals surface area (Å²) in [6.07, 6.45) is -0.740. The number of aliphatic hydroxyl groups excluding tert-OH is 1. The van der Waals surface area contributed by atoms with Crippen molar-refractivity contribution in [2.45, 2.75) is 6.10 Å². The highest BCUT2D eigenvalue weighted by atomic mass is 16.5. The summed E-state index contributed by atoms with van der Waals surface area (Å²) in [4.78, 5) is 0. The van der Waals surface area contributed by atoms with Crippen molar-refractivity contribution in [1.29, 1.82) is 0 Å². The first-order valence-corrected chi connectivity index (χ1v) is 4.56. The Morgan fingerprint density at radius 3 is 2.67 bits per heavy atom. The predicted octanol–water partition coefficient (Wildman–Crippen LogP) is 0.0992. The van der Waals surface area contributed by atoms with E-state index in [9.17, 15) is 10.2 Å². The van der Waals surface area contributed by atoms with Crippen LogP contribution in [-0.4, -0.2) is 36.6 Å². The van der Waals surface area contributed by atoms with Crippen molar-refractivity contribution in [3.63, 3.8) is 0 Å². The number of benzene rings is 1. The molecule has 1 unspecified atom stereocenters. The molecule has 0 saturated carbocycles. The summed E-state index contributed by atoms with van der Waals surface area (Å²) in [5.41, 5.74) is 5.21. The minimum absolute atomic E-state index is 0.0389. The van der Waals surface area contributed by atoms with Crippen molar-refractivity contribution in [3.05, 3.63) is 18.2 Å². The van der Waals surface area contributed by atoms with Crippen LogP contribution in [0.15, 0.2) is 18.2 Å². The molecule has 0 saturated heterocycles. The molecule has 4 N–H and O–H groups in total. The van der Waals surface area contributed by atoms with Crippen LogP contribution in [-0.2, 0) is 0 Å². The first-order valence-electron chi connectivity index (χ1n) is 4.56. The summed E-state index contributed by atoms with van der Waals surface area (Å²) >= 11 is 0. The Kier molecular flexibility index (Phi) is 4.20. The summed E-state index contributed by atoms with van der Waals surface area (Å²) in [5.74, 6) is 0.515. The maximum Gasteiger partial charge on any atom is 0.200 e. The second-order valence-electron chi connectivity index (χ2n) is 3.01. The molecular formula is C10H15NO4. The molecule has 84 valence electrons. The summed E-state index contributed by atoms with van der Waals surface area (Å²) in [7, 11) is 1.45. The van der Waals surface area contributed by atoms with Gasteiger partial charge in [0.1, 0.15) is 12.7 Å². The lowest BCUT2D eigenvalue weighted by atomic mass is 10.3. The molecule has 1 rings (SSSR count). The quantitative estimate of drug-likeness (QED) is 0.646. The number of aliphatic hydroxyl groups is 1. The van der Waals surface area contributed by atoms with Crippen molar-refractivity contribution < 1.29 is 19.7 Å². The van der Waals surface area contributed by atoms with Gasteiger partial charge < -0.3 is 25.4 Å². The lowest BCUT2D eigenvalue weighted by Crippen LogP contribution is -2.26. The number of ether oxygens (including phenoxy) is 2. The van der Waals surface area contributed by atoms with E-state index in [4.69, 9.17) is 15.2 Å². The Labute approximate surface area is 88.0 Å². The number of para-hydroxylation sites is 1. The normalized spacial score (nSPS) is 12.2. The van der Waals surface area contributed by atoms with Crippen LogP contribution in [0.2, 0.25) is 0 Å². The first-order chi connectivity index (χ1) is 7.19. The number of nitrogens with two attached hydrogens (primary N) is 1.